The van der Waals surface area contributed by atoms with Crippen molar-refractivity contribution in [2.75, 3.05) is 0 Å². The van der Waals surface area contributed by atoms with Gasteiger partial charge in [0.05, 0.1) is 0 Å². The number of carbonyl (C=O) groups is 1. The lowest BCUT2D eigenvalue weighted by molar-refractivity contribution is -0.113. The normalized spacial score (nSPS) is 10.6. The van der Waals surface area contributed by atoms with Crippen molar-refractivity contribution in [3.63, 3.8) is 0 Å². The van der Waals surface area contributed by atoms with Crippen molar-refractivity contribution >= 4 is 23.6 Å². The SMILES string of the molecule is Cc1cc(Cl)ncc1C=CC(N)=O. The summed E-state index contributed by atoms with van der Waals surface area (Å²) in [6.07, 6.45) is 4.50. The van der Waals surface area contributed by atoms with Gasteiger partial charge in [0, 0.05) is 12.3 Å². The van der Waals surface area contributed by atoms with Crippen molar-refractivity contribution in [2.24, 2.45) is 5.73 Å². The van der Waals surface area contributed by atoms with Gasteiger partial charge in [-0.2, -0.15) is 0 Å². The molecule has 4 heteroatoms. The van der Waals surface area contributed by atoms with Gasteiger partial charge in [-0.05, 0) is 30.2 Å². The molecule has 1 aromatic rings. The first-order valence-corrected chi connectivity index (χ1v) is 4.07. The molecule has 1 heterocycles. The fraction of sp³-hybridized carbons (Fsp3) is 0.111. The first-order chi connectivity index (χ1) is 6.09. The lowest BCUT2D eigenvalue weighted by Gasteiger charge is -1.98. The number of nitrogens with two attached hydrogens (primary N) is 1. The van der Waals surface area contributed by atoms with E-state index in [4.69, 9.17) is 17.3 Å². The molecule has 2 N–H and O–H groups in total. The van der Waals surface area contributed by atoms with Crippen LogP contribution in [0, 0.1) is 6.92 Å². The van der Waals surface area contributed by atoms with E-state index in [-0.39, 0.29) is 0 Å². The number of primary amides is 1. The van der Waals surface area contributed by atoms with Crippen LogP contribution in [-0.2, 0) is 4.79 Å². The Hall–Kier alpha value is -1.35. The average Bonchev–Trinajstić information content (AvgIpc) is 2.02. The molecule has 1 rings (SSSR count). The fourth-order valence-electron chi connectivity index (χ4n) is 0.879. The molecule has 0 atom stereocenters. The molecule has 68 valence electrons. The van der Waals surface area contributed by atoms with Crippen molar-refractivity contribution in [1.82, 2.24) is 4.98 Å². The van der Waals surface area contributed by atoms with Gasteiger partial charge in [0.1, 0.15) is 5.15 Å². The first-order valence-electron chi connectivity index (χ1n) is 3.69. The van der Waals surface area contributed by atoms with Crippen molar-refractivity contribution in [3.8, 4) is 0 Å². The number of nitrogens with zero attached hydrogens (tertiary/aromatic N) is 1. The number of pyridine rings is 1. The van der Waals surface area contributed by atoms with E-state index in [9.17, 15) is 4.79 Å². The van der Waals surface area contributed by atoms with E-state index in [2.05, 4.69) is 4.98 Å². The van der Waals surface area contributed by atoms with Crippen LogP contribution < -0.4 is 5.73 Å². The molecule has 0 unspecified atom stereocenters. The molecule has 0 radical (unpaired) electrons. The van der Waals surface area contributed by atoms with Crippen LogP contribution in [0.5, 0.6) is 0 Å². The Bertz CT molecular complexity index is 361. The molecule has 0 spiro atoms. The Morgan fingerprint density at radius 1 is 1.69 bits per heavy atom. The van der Waals surface area contributed by atoms with Gasteiger partial charge in [-0.25, -0.2) is 4.98 Å². The van der Waals surface area contributed by atoms with Crippen LogP contribution in [0.3, 0.4) is 0 Å². The summed E-state index contributed by atoms with van der Waals surface area (Å²) in [5, 5.41) is 0.439. The summed E-state index contributed by atoms with van der Waals surface area (Å²) < 4.78 is 0. The smallest absolute Gasteiger partial charge is 0.241 e. The summed E-state index contributed by atoms with van der Waals surface area (Å²) >= 11 is 5.65. The van der Waals surface area contributed by atoms with Gasteiger partial charge >= 0.3 is 0 Å². The maximum Gasteiger partial charge on any atom is 0.241 e. The molecule has 13 heavy (non-hydrogen) atoms. The monoisotopic (exact) mass is 196 g/mol. The van der Waals surface area contributed by atoms with Crippen molar-refractivity contribution < 1.29 is 4.79 Å². The maximum atomic E-state index is 10.4. The van der Waals surface area contributed by atoms with E-state index in [0.717, 1.165) is 11.1 Å². The predicted molar refractivity (Wildman–Crippen MR) is 52.2 cm³/mol. The highest BCUT2D eigenvalue weighted by atomic mass is 35.5. The van der Waals surface area contributed by atoms with Crippen molar-refractivity contribution in [3.05, 3.63) is 34.6 Å². The van der Waals surface area contributed by atoms with Crippen LogP contribution in [0.25, 0.3) is 6.08 Å². The van der Waals surface area contributed by atoms with Gasteiger partial charge in [-0.1, -0.05) is 11.6 Å². The zero-order valence-corrected chi connectivity index (χ0v) is 7.88. The largest absolute Gasteiger partial charge is 0.366 e. The average molecular weight is 197 g/mol. The minimum Gasteiger partial charge on any atom is -0.366 e. The quantitative estimate of drug-likeness (QED) is 0.576. The number of carbonyl (C=O) groups excluding carboxylic acids is 1. The van der Waals surface area contributed by atoms with Crippen molar-refractivity contribution in [1.29, 1.82) is 0 Å². The van der Waals surface area contributed by atoms with E-state index in [1.54, 1.807) is 18.3 Å². The zero-order chi connectivity index (χ0) is 9.84. The van der Waals surface area contributed by atoms with E-state index in [1.165, 1.54) is 6.08 Å². The third-order valence-corrected chi connectivity index (χ3v) is 1.75. The van der Waals surface area contributed by atoms with Gasteiger partial charge < -0.3 is 5.73 Å². The molecule has 0 aliphatic rings. The van der Waals surface area contributed by atoms with E-state index < -0.39 is 5.91 Å². The first kappa shape index (κ1) is 9.74. The van der Waals surface area contributed by atoms with Crippen LogP contribution >= 0.6 is 11.6 Å². The Balaban J connectivity index is 2.96. The summed E-state index contributed by atoms with van der Waals surface area (Å²) in [5.74, 6) is -0.477. The molecule has 0 aliphatic heterocycles. The van der Waals surface area contributed by atoms with Crippen LogP contribution in [0.15, 0.2) is 18.3 Å². The summed E-state index contributed by atoms with van der Waals surface area (Å²) in [4.78, 5) is 14.3. The predicted octanol–water partition coefficient (Wildman–Crippen LogP) is 1.54. The molecule has 3 nitrogen and oxygen atoms in total. The van der Waals surface area contributed by atoms with E-state index in [1.807, 2.05) is 6.92 Å². The lowest BCUT2D eigenvalue weighted by Crippen LogP contribution is -2.05. The molecule has 0 aliphatic carbocycles. The second-order valence-electron chi connectivity index (χ2n) is 2.60. The third-order valence-electron chi connectivity index (χ3n) is 1.55. The number of aryl methyl sites for hydroxylation is 1. The number of rotatable bonds is 2. The molecule has 0 fully saturated rings. The van der Waals surface area contributed by atoms with Crippen LogP contribution in [0.4, 0.5) is 0 Å². The van der Waals surface area contributed by atoms with Gasteiger partial charge in [0.25, 0.3) is 0 Å². The standard InChI is InChI=1S/C9H9ClN2O/c1-6-4-8(10)12-5-7(6)2-3-9(11)13/h2-5H,1H3,(H2,11,13). The van der Waals surface area contributed by atoms with Crippen molar-refractivity contribution in [2.45, 2.75) is 6.92 Å². The van der Waals surface area contributed by atoms with Gasteiger partial charge in [0.2, 0.25) is 5.91 Å². The Labute approximate surface area is 81.2 Å². The van der Waals surface area contributed by atoms with Gasteiger partial charge in [0.15, 0.2) is 0 Å². The van der Waals surface area contributed by atoms with Crippen LogP contribution in [0.2, 0.25) is 5.15 Å². The summed E-state index contributed by atoms with van der Waals surface area (Å²) in [5.41, 5.74) is 6.74. The molecule has 0 bridgehead atoms. The number of aromatic nitrogens is 1. The molecule has 0 saturated heterocycles. The summed E-state index contributed by atoms with van der Waals surface area (Å²) in [7, 11) is 0. The third kappa shape index (κ3) is 2.87. The number of amides is 1. The fourth-order valence-corrected chi connectivity index (χ4v) is 1.09. The Morgan fingerprint density at radius 2 is 2.38 bits per heavy atom. The summed E-state index contributed by atoms with van der Waals surface area (Å²) in [6.45, 7) is 1.88. The lowest BCUT2D eigenvalue weighted by atomic mass is 10.1. The molecular weight excluding hydrogens is 188 g/mol. The highest BCUT2D eigenvalue weighted by Crippen LogP contribution is 2.12. The number of hydrogen-bond donors (Lipinski definition) is 1. The Kier molecular flexibility index (Phi) is 3.03. The second kappa shape index (κ2) is 4.05. The highest BCUT2D eigenvalue weighted by Gasteiger charge is 1.96. The maximum absolute atomic E-state index is 10.4. The zero-order valence-electron chi connectivity index (χ0n) is 7.12. The summed E-state index contributed by atoms with van der Waals surface area (Å²) in [6, 6.07) is 1.72. The minimum absolute atomic E-state index is 0.439. The van der Waals surface area contributed by atoms with Gasteiger partial charge in [-0.15, -0.1) is 0 Å². The van der Waals surface area contributed by atoms with E-state index in [0.29, 0.717) is 5.15 Å². The van der Waals surface area contributed by atoms with Crippen LogP contribution in [0.1, 0.15) is 11.1 Å². The molecular formula is C9H9ClN2O. The molecule has 1 amide bonds. The minimum atomic E-state index is -0.477. The number of halogens is 1. The Morgan fingerprint density at radius 3 is 2.92 bits per heavy atom. The number of hydrogen-bond acceptors (Lipinski definition) is 2. The highest BCUT2D eigenvalue weighted by molar-refractivity contribution is 6.29. The second-order valence-corrected chi connectivity index (χ2v) is 2.99. The molecule has 0 saturated carbocycles. The molecule has 1 aromatic heterocycles. The molecule has 0 aromatic carbocycles. The van der Waals surface area contributed by atoms with Crippen LogP contribution in [-0.4, -0.2) is 10.9 Å². The van der Waals surface area contributed by atoms with Gasteiger partial charge in [-0.3, -0.25) is 4.79 Å². The van der Waals surface area contributed by atoms with E-state index >= 15 is 0 Å². The topological polar surface area (TPSA) is 56.0 Å².